The third-order valence-electron chi connectivity index (χ3n) is 0.996. The monoisotopic (exact) mass is 369 g/mol. The molecule has 0 aliphatic rings. The van der Waals surface area contributed by atoms with E-state index in [-0.39, 0.29) is 0 Å². The molecule has 0 bridgehead atoms. The number of carbonyl (C=O) groups excluding carboxylic acids is 1. The molecule has 0 saturated heterocycles. The van der Waals surface area contributed by atoms with Gasteiger partial charge in [-0.3, -0.25) is 0 Å². The summed E-state index contributed by atoms with van der Waals surface area (Å²) in [7, 11) is 1.38. The van der Waals surface area contributed by atoms with Gasteiger partial charge in [-0.25, -0.2) is 9.79 Å². The van der Waals surface area contributed by atoms with Gasteiger partial charge in [-0.2, -0.15) is 0 Å². The van der Waals surface area contributed by atoms with Crippen molar-refractivity contribution >= 4 is 53.9 Å². The second-order valence-electron chi connectivity index (χ2n) is 1.85. The highest BCUT2D eigenvalue weighted by Gasteiger charge is 1.97. The third kappa shape index (κ3) is 5.37. The number of benzene rings is 1. The summed E-state index contributed by atoms with van der Waals surface area (Å²) in [6.45, 7) is 0. The number of aliphatic imine (C=N–C) groups is 1. The van der Waals surface area contributed by atoms with Crippen LogP contribution in [0.2, 0.25) is 0 Å². The lowest BCUT2D eigenvalue weighted by Crippen LogP contribution is -1.69. The zero-order chi connectivity index (χ0) is 10.3. The van der Waals surface area contributed by atoms with E-state index in [0.29, 0.717) is 0 Å². The summed E-state index contributed by atoms with van der Waals surface area (Å²) < 4.78 is 3.19. The van der Waals surface area contributed by atoms with Crippen LogP contribution >= 0.6 is 47.8 Å². The molecule has 0 spiro atoms. The molecule has 1 aromatic rings. The van der Waals surface area contributed by atoms with E-state index < -0.39 is 0 Å². The lowest BCUT2D eigenvalue weighted by molar-refractivity contribution is 0.564. The number of hydrogen-bond acceptors (Lipinski definition) is 2. The van der Waals surface area contributed by atoms with E-state index in [0.717, 1.165) is 13.4 Å². The van der Waals surface area contributed by atoms with Crippen molar-refractivity contribution in [2.45, 2.75) is 0 Å². The van der Waals surface area contributed by atoms with E-state index in [9.17, 15) is 0 Å². The number of isocyanates is 1. The predicted octanol–water partition coefficient (Wildman–Crippen LogP) is 3.93. The molecule has 0 aliphatic heterocycles. The van der Waals surface area contributed by atoms with Gasteiger partial charge in [0.15, 0.2) is 0 Å². The van der Waals surface area contributed by atoms with Crippen LogP contribution < -0.4 is 0 Å². The molecule has 0 aliphatic carbocycles. The van der Waals surface area contributed by atoms with Crippen molar-refractivity contribution < 1.29 is 4.79 Å². The molecule has 1 aromatic carbocycles. The molecule has 0 heterocycles. The molecule has 13 heavy (non-hydrogen) atoms. The van der Waals surface area contributed by atoms with E-state index in [1.54, 1.807) is 0 Å². The van der Waals surface area contributed by atoms with E-state index in [1.807, 2.05) is 18.2 Å². The summed E-state index contributed by atoms with van der Waals surface area (Å²) in [6.07, 6.45) is 1.31. The Balaban J connectivity index is 0.000000310. The topological polar surface area (TPSA) is 29.4 Å². The first-order chi connectivity index (χ1) is 6.13. The fraction of sp³-hybridized carbons (Fsp3) is 0.125. The zero-order valence-electron chi connectivity index (χ0n) is 6.72. The fourth-order valence-corrected chi connectivity index (χ4v) is 1.74. The summed E-state index contributed by atoms with van der Waals surface area (Å²) in [5, 5.41) is 0. The first-order valence-electron chi connectivity index (χ1n) is 3.19. The molecule has 70 valence electrons. The Hall–Kier alpha value is 0.0400. The SMILES string of the molecule is Brc1cccc(Br)c1Br.CN=C=O. The molecule has 5 heteroatoms. The lowest BCUT2D eigenvalue weighted by atomic mass is 10.4. The van der Waals surface area contributed by atoms with Crippen LogP contribution in [0.3, 0.4) is 0 Å². The van der Waals surface area contributed by atoms with Gasteiger partial charge in [0.2, 0.25) is 6.08 Å². The highest BCUT2D eigenvalue weighted by Crippen LogP contribution is 2.29. The van der Waals surface area contributed by atoms with Gasteiger partial charge in [0.25, 0.3) is 0 Å². The van der Waals surface area contributed by atoms with E-state index >= 15 is 0 Å². The van der Waals surface area contributed by atoms with Crippen molar-refractivity contribution in [3.63, 3.8) is 0 Å². The lowest BCUT2D eigenvalue weighted by Gasteiger charge is -1.95. The van der Waals surface area contributed by atoms with Crippen LogP contribution in [0.4, 0.5) is 0 Å². The molecule has 1 rings (SSSR count). The second-order valence-corrected chi connectivity index (χ2v) is 4.35. The molecular formula is C8H6Br3NO. The number of nitrogens with zero attached hydrogens (tertiary/aromatic N) is 1. The smallest absolute Gasteiger partial charge is 0.211 e. The number of hydrogen-bond donors (Lipinski definition) is 0. The average molecular weight is 372 g/mol. The molecule has 0 N–H and O–H groups in total. The van der Waals surface area contributed by atoms with Gasteiger partial charge in [0.05, 0.1) is 0 Å². The molecule has 0 aromatic heterocycles. The second kappa shape index (κ2) is 7.44. The van der Waals surface area contributed by atoms with Crippen molar-refractivity contribution in [2.75, 3.05) is 7.05 Å². The van der Waals surface area contributed by atoms with Gasteiger partial charge >= 0.3 is 0 Å². The van der Waals surface area contributed by atoms with Crippen LogP contribution in [0, 0.1) is 0 Å². The van der Waals surface area contributed by atoms with Crippen molar-refractivity contribution in [3.05, 3.63) is 31.6 Å². The zero-order valence-corrected chi connectivity index (χ0v) is 11.5. The first kappa shape index (κ1) is 13.0. The highest BCUT2D eigenvalue weighted by molar-refractivity contribution is 9.14. The van der Waals surface area contributed by atoms with E-state index in [4.69, 9.17) is 4.79 Å². The molecule has 0 fully saturated rings. The predicted molar refractivity (Wildman–Crippen MR) is 63.6 cm³/mol. The van der Waals surface area contributed by atoms with Crippen LogP contribution in [0.5, 0.6) is 0 Å². The fourth-order valence-electron chi connectivity index (χ4n) is 0.477. The first-order valence-corrected chi connectivity index (χ1v) is 5.56. The van der Waals surface area contributed by atoms with E-state index in [2.05, 4.69) is 52.8 Å². The summed E-state index contributed by atoms with van der Waals surface area (Å²) in [6, 6.07) is 5.93. The van der Waals surface area contributed by atoms with Gasteiger partial charge in [-0.05, 0) is 59.9 Å². The minimum Gasteiger partial charge on any atom is -0.211 e. The summed E-state index contributed by atoms with van der Waals surface area (Å²) in [5.74, 6) is 0. The summed E-state index contributed by atoms with van der Waals surface area (Å²) >= 11 is 10.1. The molecule has 0 radical (unpaired) electrons. The quantitative estimate of drug-likeness (QED) is 0.386. The highest BCUT2D eigenvalue weighted by atomic mass is 79.9. The van der Waals surface area contributed by atoms with E-state index in [1.165, 1.54) is 13.1 Å². The minimum atomic E-state index is 1.06. The number of rotatable bonds is 0. The Morgan fingerprint density at radius 2 is 1.62 bits per heavy atom. The average Bonchev–Trinajstić information content (AvgIpc) is 2.14. The summed E-state index contributed by atoms with van der Waals surface area (Å²) in [4.78, 5) is 11.8. The molecule has 0 atom stereocenters. The maximum atomic E-state index is 8.88. The number of halogens is 3. The van der Waals surface area contributed by atoms with Crippen molar-refractivity contribution in [3.8, 4) is 0 Å². The normalized spacial score (nSPS) is 8.00. The Morgan fingerprint density at radius 1 is 1.23 bits per heavy atom. The van der Waals surface area contributed by atoms with Crippen LogP contribution in [0.15, 0.2) is 36.6 Å². The van der Waals surface area contributed by atoms with Crippen molar-refractivity contribution in [2.24, 2.45) is 4.99 Å². The van der Waals surface area contributed by atoms with Crippen LogP contribution in [0.1, 0.15) is 0 Å². The molecular weight excluding hydrogens is 366 g/mol. The molecule has 0 saturated carbocycles. The minimum absolute atomic E-state index is 1.06. The third-order valence-corrected chi connectivity index (χ3v) is 4.24. The largest absolute Gasteiger partial charge is 0.234 e. The van der Waals surface area contributed by atoms with Crippen LogP contribution in [0.25, 0.3) is 0 Å². The molecule has 0 unspecified atom stereocenters. The van der Waals surface area contributed by atoms with Gasteiger partial charge in [0, 0.05) is 20.5 Å². The maximum Gasteiger partial charge on any atom is 0.234 e. The van der Waals surface area contributed by atoms with Crippen molar-refractivity contribution in [1.29, 1.82) is 0 Å². The van der Waals surface area contributed by atoms with Gasteiger partial charge in [-0.1, -0.05) is 6.07 Å². The molecule has 2 nitrogen and oxygen atoms in total. The Labute approximate surface area is 102 Å². The van der Waals surface area contributed by atoms with Gasteiger partial charge < -0.3 is 0 Å². The Bertz CT molecular complexity index is 301. The van der Waals surface area contributed by atoms with Crippen LogP contribution in [-0.4, -0.2) is 13.1 Å². The standard InChI is InChI=1S/C6H3Br3.C2H3NO/c7-4-2-1-3-5(8)6(4)9;1-3-2-4/h1-3H;1H3. The Morgan fingerprint density at radius 3 is 1.85 bits per heavy atom. The van der Waals surface area contributed by atoms with Gasteiger partial charge in [0.1, 0.15) is 0 Å². The van der Waals surface area contributed by atoms with Crippen molar-refractivity contribution in [1.82, 2.24) is 0 Å². The summed E-state index contributed by atoms with van der Waals surface area (Å²) in [5.41, 5.74) is 0. The molecule has 0 amide bonds. The maximum absolute atomic E-state index is 8.88. The Kier molecular flexibility index (Phi) is 7.47. The van der Waals surface area contributed by atoms with Crippen LogP contribution in [-0.2, 0) is 4.79 Å². The van der Waals surface area contributed by atoms with Gasteiger partial charge in [-0.15, -0.1) is 0 Å².